The minimum absolute atomic E-state index is 0.207. The van der Waals surface area contributed by atoms with E-state index in [1.54, 1.807) is 21.6 Å². The van der Waals surface area contributed by atoms with Crippen molar-refractivity contribution in [2.24, 2.45) is 0 Å². The van der Waals surface area contributed by atoms with Crippen molar-refractivity contribution in [3.8, 4) is 5.69 Å². The maximum absolute atomic E-state index is 12.1. The van der Waals surface area contributed by atoms with Crippen molar-refractivity contribution in [1.29, 1.82) is 0 Å². The van der Waals surface area contributed by atoms with E-state index in [1.165, 1.54) is 0 Å². The molecule has 0 aliphatic carbocycles. The van der Waals surface area contributed by atoms with E-state index < -0.39 is 0 Å². The molecule has 2 heterocycles. The van der Waals surface area contributed by atoms with Crippen molar-refractivity contribution in [2.75, 3.05) is 5.32 Å². The van der Waals surface area contributed by atoms with E-state index in [4.69, 9.17) is 0 Å². The molecule has 1 aromatic carbocycles. The van der Waals surface area contributed by atoms with Gasteiger partial charge in [-0.15, -0.1) is 0 Å². The lowest BCUT2D eigenvalue weighted by atomic mass is 10.2. The molecule has 6 nitrogen and oxygen atoms in total. The van der Waals surface area contributed by atoms with Gasteiger partial charge < -0.3 is 5.32 Å². The van der Waals surface area contributed by atoms with E-state index in [2.05, 4.69) is 22.4 Å². The second kappa shape index (κ2) is 6.26. The van der Waals surface area contributed by atoms with Gasteiger partial charge in [-0.05, 0) is 42.8 Å². The summed E-state index contributed by atoms with van der Waals surface area (Å²) in [5.41, 5.74) is 2.09. The standard InChI is InChI=1S/C16H17N5O/c1-2-10-20-12-8-15(19-20)16(22)18-13-4-6-14(7-5-13)21-11-3-9-17-21/h3-9,11-12H,2,10H2,1H3,(H,18,22). The zero-order chi connectivity index (χ0) is 15.4. The van der Waals surface area contributed by atoms with Crippen LogP contribution in [0.1, 0.15) is 23.8 Å². The summed E-state index contributed by atoms with van der Waals surface area (Å²) in [5.74, 6) is -0.207. The first-order chi connectivity index (χ1) is 10.8. The monoisotopic (exact) mass is 295 g/mol. The molecule has 0 aliphatic rings. The largest absolute Gasteiger partial charge is 0.321 e. The van der Waals surface area contributed by atoms with Crippen LogP contribution in [0, 0.1) is 0 Å². The topological polar surface area (TPSA) is 64.7 Å². The van der Waals surface area contributed by atoms with Gasteiger partial charge in [-0.25, -0.2) is 4.68 Å². The summed E-state index contributed by atoms with van der Waals surface area (Å²) in [4.78, 5) is 12.1. The van der Waals surface area contributed by atoms with Crippen molar-refractivity contribution in [3.63, 3.8) is 0 Å². The summed E-state index contributed by atoms with van der Waals surface area (Å²) in [7, 11) is 0. The number of aromatic nitrogens is 4. The minimum Gasteiger partial charge on any atom is -0.321 e. The van der Waals surface area contributed by atoms with Crippen molar-refractivity contribution in [2.45, 2.75) is 19.9 Å². The van der Waals surface area contributed by atoms with Crippen LogP contribution in [0.25, 0.3) is 5.69 Å². The molecule has 1 amide bonds. The Balaban J connectivity index is 1.68. The first-order valence-electron chi connectivity index (χ1n) is 7.21. The highest BCUT2D eigenvalue weighted by molar-refractivity contribution is 6.02. The van der Waals surface area contributed by atoms with E-state index >= 15 is 0 Å². The van der Waals surface area contributed by atoms with Gasteiger partial charge >= 0.3 is 0 Å². The average molecular weight is 295 g/mol. The predicted octanol–water partition coefficient (Wildman–Crippen LogP) is 2.73. The molecule has 6 heteroatoms. The molecule has 1 N–H and O–H groups in total. The Morgan fingerprint density at radius 3 is 2.68 bits per heavy atom. The lowest BCUT2D eigenvalue weighted by Crippen LogP contribution is -2.13. The maximum Gasteiger partial charge on any atom is 0.276 e. The molecule has 0 bridgehead atoms. The van der Waals surface area contributed by atoms with Crippen LogP contribution in [-0.4, -0.2) is 25.5 Å². The van der Waals surface area contributed by atoms with Crippen LogP contribution in [-0.2, 0) is 6.54 Å². The number of amides is 1. The fourth-order valence-corrected chi connectivity index (χ4v) is 2.15. The lowest BCUT2D eigenvalue weighted by Gasteiger charge is -2.05. The van der Waals surface area contributed by atoms with Crippen molar-refractivity contribution in [3.05, 3.63) is 60.7 Å². The van der Waals surface area contributed by atoms with Gasteiger partial charge in [-0.3, -0.25) is 9.48 Å². The Morgan fingerprint density at radius 2 is 2.00 bits per heavy atom. The third-order valence-electron chi connectivity index (χ3n) is 3.22. The van der Waals surface area contributed by atoms with E-state index in [9.17, 15) is 4.79 Å². The summed E-state index contributed by atoms with van der Waals surface area (Å²) in [6.07, 6.45) is 6.40. The van der Waals surface area contributed by atoms with Gasteiger partial charge in [0.15, 0.2) is 5.69 Å². The van der Waals surface area contributed by atoms with Gasteiger partial charge in [-0.1, -0.05) is 6.92 Å². The lowest BCUT2D eigenvalue weighted by molar-refractivity contribution is 0.102. The molecule has 0 atom stereocenters. The molecule has 0 aliphatic heterocycles. The van der Waals surface area contributed by atoms with Crippen molar-refractivity contribution >= 4 is 11.6 Å². The van der Waals surface area contributed by atoms with E-state index in [1.807, 2.05) is 42.7 Å². The summed E-state index contributed by atoms with van der Waals surface area (Å²) < 4.78 is 3.54. The van der Waals surface area contributed by atoms with Crippen molar-refractivity contribution < 1.29 is 4.79 Å². The van der Waals surface area contributed by atoms with Crippen LogP contribution in [0.5, 0.6) is 0 Å². The predicted molar refractivity (Wildman–Crippen MR) is 84.0 cm³/mol. The van der Waals surface area contributed by atoms with Gasteiger partial charge in [0.1, 0.15) is 0 Å². The zero-order valence-corrected chi connectivity index (χ0v) is 12.3. The highest BCUT2D eigenvalue weighted by Gasteiger charge is 2.09. The molecule has 112 valence electrons. The molecule has 3 rings (SSSR count). The smallest absolute Gasteiger partial charge is 0.276 e. The number of rotatable bonds is 5. The maximum atomic E-state index is 12.1. The molecule has 0 saturated heterocycles. The average Bonchev–Trinajstić information content (AvgIpc) is 3.20. The summed E-state index contributed by atoms with van der Waals surface area (Å²) in [6.45, 7) is 2.88. The number of anilines is 1. The molecule has 22 heavy (non-hydrogen) atoms. The number of carbonyl (C=O) groups is 1. The molecule has 0 spiro atoms. The third-order valence-corrected chi connectivity index (χ3v) is 3.22. The Hall–Kier alpha value is -2.89. The zero-order valence-electron chi connectivity index (χ0n) is 12.3. The third kappa shape index (κ3) is 3.06. The fraction of sp³-hybridized carbons (Fsp3) is 0.188. The molecule has 3 aromatic rings. The molecule has 0 fully saturated rings. The van der Waals surface area contributed by atoms with Crippen LogP contribution in [0.2, 0.25) is 0 Å². The van der Waals surface area contributed by atoms with Crippen LogP contribution in [0.4, 0.5) is 5.69 Å². The second-order valence-electron chi connectivity index (χ2n) is 4.92. The Morgan fingerprint density at radius 1 is 1.18 bits per heavy atom. The number of hydrogen-bond donors (Lipinski definition) is 1. The number of aryl methyl sites for hydroxylation is 1. The number of hydrogen-bond acceptors (Lipinski definition) is 3. The Kier molecular flexibility index (Phi) is 4.00. The Labute approximate surface area is 128 Å². The second-order valence-corrected chi connectivity index (χ2v) is 4.92. The van der Waals surface area contributed by atoms with Gasteiger partial charge in [-0.2, -0.15) is 10.2 Å². The number of nitrogens with zero attached hydrogens (tertiary/aromatic N) is 4. The van der Waals surface area contributed by atoms with Gasteiger partial charge in [0.05, 0.1) is 5.69 Å². The van der Waals surface area contributed by atoms with E-state index in [0.29, 0.717) is 5.69 Å². The number of carbonyl (C=O) groups excluding carboxylic acids is 1. The summed E-state index contributed by atoms with van der Waals surface area (Å²) in [6, 6.07) is 11.1. The molecule has 0 unspecified atom stereocenters. The molecular weight excluding hydrogens is 278 g/mol. The van der Waals surface area contributed by atoms with Gasteiger partial charge in [0, 0.05) is 30.8 Å². The number of benzene rings is 1. The molecule has 2 aromatic heterocycles. The van der Waals surface area contributed by atoms with Crippen LogP contribution >= 0.6 is 0 Å². The summed E-state index contributed by atoms with van der Waals surface area (Å²) >= 11 is 0. The minimum atomic E-state index is -0.207. The van der Waals surface area contributed by atoms with Gasteiger partial charge in [0.25, 0.3) is 5.91 Å². The SMILES string of the molecule is CCCn1ccc(C(=O)Nc2ccc(-n3cccn3)cc2)n1. The van der Waals surface area contributed by atoms with Crippen molar-refractivity contribution in [1.82, 2.24) is 19.6 Å². The van der Waals surface area contributed by atoms with E-state index in [0.717, 1.165) is 24.3 Å². The molecule has 0 saturated carbocycles. The first-order valence-corrected chi connectivity index (χ1v) is 7.21. The normalized spacial score (nSPS) is 10.6. The first kappa shape index (κ1) is 14.1. The molecule has 0 radical (unpaired) electrons. The summed E-state index contributed by atoms with van der Waals surface area (Å²) in [5, 5.41) is 11.2. The fourth-order valence-electron chi connectivity index (χ4n) is 2.15. The van der Waals surface area contributed by atoms with Crippen LogP contribution in [0.15, 0.2) is 55.0 Å². The van der Waals surface area contributed by atoms with Gasteiger partial charge in [0.2, 0.25) is 0 Å². The highest BCUT2D eigenvalue weighted by atomic mass is 16.1. The number of nitrogens with one attached hydrogen (secondary N) is 1. The van der Waals surface area contributed by atoms with E-state index in [-0.39, 0.29) is 5.91 Å². The quantitative estimate of drug-likeness (QED) is 0.787. The van der Waals surface area contributed by atoms with Crippen LogP contribution in [0.3, 0.4) is 0 Å². The van der Waals surface area contributed by atoms with Crippen LogP contribution < -0.4 is 5.32 Å². The Bertz CT molecular complexity index is 743. The highest BCUT2D eigenvalue weighted by Crippen LogP contribution is 2.13. The molecular formula is C16H17N5O.